The van der Waals surface area contributed by atoms with Gasteiger partial charge in [0.15, 0.2) is 0 Å². The molecule has 5 nitrogen and oxygen atoms in total. The Labute approximate surface area is 102 Å². The molecule has 0 amide bonds. The fourth-order valence-corrected chi connectivity index (χ4v) is 2.23. The second kappa shape index (κ2) is 5.49. The van der Waals surface area contributed by atoms with E-state index in [4.69, 9.17) is 14.2 Å². The molecule has 0 aliphatic rings. The molecule has 0 aliphatic carbocycles. The topological polar surface area (TPSA) is 61.8 Å². The zero-order valence-corrected chi connectivity index (χ0v) is 11.6. The lowest BCUT2D eigenvalue weighted by Crippen LogP contribution is -2.51. The number of carbonyl (C=O) groups is 2. The zero-order chi connectivity index (χ0) is 13.9. The first kappa shape index (κ1) is 15.9. The summed E-state index contributed by atoms with van der Waals surface area (Å²) in [6, 6.07) is 0. The molecule has 17 heavy (non-hydrogen) atoms. The molecule has 0 unspecified atom stereocenters. The van der Waals surface area contributed by atoms with Crippen LogP contribution in [0.25, 0.3) is 0 Å². The Kier molecular flexibility index (Phi) is 5.13. The average Bonchev–Trinajstić information content (AvgIpc) is 2.26. The number of esters is 2. The molecule has 0 aliphatic heterocycles. The molecule has 100 valence electrons. The van der Waals surface area contributed by atoms with Crippen molar-refractivity contribution in [1.82, 2.24) is 0 Å². The lowest BCUT2D eigenvalue weighted by atomic mass is 9.71. The van der Waals surface area contributed by atoms with E-state index in [1.54, 1.807) is 27.7 Å². The maximum Gasteiger partial charge on any atom is 0.313 e. The summed E-state index contributed by atoms with van der Waals surface area (Å²) in [6.45, 7) is 6.71. The predicted octanol–water partition coefficient (Wildman–Crippen LogP) is 1.40. The van der Waals surface area contributed by atoms with Gasteiger partial charge in [0.25, 0.3) is 0 Å². The van der Waals surface area contributed by atoms with E-state index in [1.165, 1.54) is 21.3 Å². The van der Waals surface area contributed by atoms with Gasteiger partial charge in [0.05, 0.1) is 31.2 Å². The maximum atomic E-state index is 11.7. The van der Waals surface area contributed by atoms with Crippen molar-refractivity contribution in [2.45, 2.75) is 33.8 Å². The van der Waals surface area contributed by atoms with Crippen LogP contribution in [-0.2, 0) is 23.8 Å². The minimum atomic E-state index is -0.943. The van der Waals surface area contributed by atoms with Gasteiger partial charge >= 0.3 is 11.9 Å². The lowest BCUT2D eigenvalue weighted by molar-refractivity contribution is -0.177. The highest BCUT2D eigenvalue weighted by Crippen LogP contribution is 2.38. The Morgan fingerprint density at radius 3 is 1.29 bits per heavy atom. The summed E-state index contributed by atoms with van der Waals surface area (Å²) in [5.41, 5.74) is -1.89. The Bertz CT molecular complexity index is 265. The van der Waals surface area contributed by atoms with Crippen LogP contribution < -0.4 is 0 Å². The number of hydrogen-bond donors (Lipinski definition) is 0. The third-order valence-electron chi connectivity index (χ3n) is 2.97. The molecule has 0 saturated heterocycles. The van der Waals surface area contributed by atoms with E-state index in [0.717, 1.165) is 0 Å². The molecular formula is C12H22O5. The van der Waals surface area contributed by atoms with Crippen LogP contribution >= 0.6 is 0 Å². The van der Waals surface area contributed by atoms with E-state index in [9.17, 15) is 9.59 Å². The Hall–Kier alpha value is -1.10. The SMILES string of the molecule is COC(=O)C(C)(C)C(OC)C(C)(C)C(=O)OC. The van der Waals surface area contributed by atoms with E-state index in [1.807, 2.05) is 0 Å². The van der Waals surface area contributed by atoms with Crippen molar-refractivity contribution in [3.05, 3.63) is 0 Å². The first-order chi connectivity index (χ1) is 7.66. The summed E-state index contributed by atoms with van der Waals surface area (Å²) in [6.07, 6.45) is -0.644. The molecule has 0 aromatic carbocycles. The summed E-state index contributed by atoms with van der Waals surface area (Å²) in [5.74, 6) is -0.859. The van der Waals surface area contributed by atoms with Crippen LogP contribution in [0, 0.1) is 10.8 Å². The normalized spacial score (nSPS) is 12.5. The second-order valence-corrected chi connectivity index (χ2v) is 5.04. The fraction of sp³-hybridized carbons (Fsp3) is 0.833. The van der Waals surface area contributed by atoms with Gasteiger partial charge in [0, 0.05) is 7.11 Å². The van der Waals surface area contributed by atoms with E-state index >= 15 is 0 Å². The first-order valence-electron chi connectivity index (χ1n) is 5.35. The number of carbonyl (C=O) groups excluding carboxylic acids is 2. The van der Waals surface area contributed by atoms with Crippen molar-refractivity contribution in [3.8, 4) is 0 Å². The summed E-state index contributed by atoms with van der Waals surface area (Å²) in [5, 5.41) is 0. The zero-order valence-electron chi connectivity index (χ0n) is 11.6. The molecule has 0 saturated carbocycles. The molecule has 5 heteroatoms. The van der Waals surface area contributed by atoms with Gasteiger partial charge in [0.2, 0.25) is 0 Å². The van der Waals surface area contributed by atoms with Crippen LogP contribution in [0.2, 0.25) is 0 Å². The molecule has 0 rings (SSSR count). The Morgan fingerprint density at radius 2 is 1.12 bits per heavy atom. The molecule has 0 fully saturated rings. The summed E-state index contributed by atoms with van der Waals surface area (Å²) in [7, 11) is 4.07. The van der Waals surface area contributed by atoms with Crippen molar-refractivity contribution >= 4 is 11.9 Å². The van der Waals surface area contributed by atoms with Crippen molar-refractivity contribution in [2.75, 3.05) is 21.3 Å². The van der Waals surface area contributed by atoms with E-state index in [0.29, 0.717) is 0 Å². The standard InChI is InChI=1S/C12H22O5/c1-11(2,9(13)16-6)8(15-5)12(3,4)10(14)17-7/h8H,1-7H3. The van der Waals surface area contributed by atoms with Gasteiger partial charge in [-0.05, 0) is 27.7 Å². The van der Waals surface area contributed by atoms with Gasteiger partial charge < -0.3 is 14.2 Å². The van der Waals surface area contributed by atoms with Crippen molar-refractivity contribution < 1.29 is 23.8 Å². The maximum absolute atomic E-state index is 11.7. The van der Waals surface area contributed by atoms with Crippen LogP contribution in [0.4, 0.5) is 0 Å². The van der Waals surface area contributed by atoms with E-state index < -0.39 is 28.9 Å². The predicted molar refractivity (Wildman–Crippen MR) is 62.4 cm³/mol. The Morgan fingerprint density at radius 1 is 0.824 bits per heavy atom. The summed E-state index contributed by atoms with van der Waals surface area (Å²) in [4.78, 5) is 23.5. The minimum Gasteiger partial charge on any atom is -0.469 e. The molecule has 0 aromatic rings. The van der Waals surface area contributed by atoms with Crippen molar-refractivity contribution in [1.29, 1.82) is 0 Å². The van der Waals surface area contributed by atoms with Gasteiger partial charge in [0.1, 0.15) is 0 Å². The number of ether oxygens (including phenoxy) is 3. The van der Waals surface area contributed by atoms with Crippen LogP contribution in [-0.4, -0.2) is 39.4 Å². The highest BCUT2D eigenvalue weighted by atomic mass is 16.5. The van der Waals surface area contributed by atoms with Crippen LogP contribution in [0.15, 0.2) is 0 Å². The van der Waals surface area contributed by atoms with Crippen LogP contribution in [0.3, 0.4) is 0 Å². The number of rotatable bonds is 5. The molecule has 0 aromatic heterocycles. The van der Waals surface area contributed by atoms with E-state index in [-0.39, 0.29) is 0 Å². The van der Waals surface area contributed by atoms with Crippen LogP contribution in [0.1, 0.15) is 27.7 Å². The average molecular weight is 246 g/mol. The highest BCUT2D eigenvalue weighted by molar-refractivity contribution is 5.81. The molecule has 0 spiro atoms. The quantitative estimate of drug-likeness (QED) is 0.686. The van der Waals surface area contributed by atoms with Gasteiger partial charge in [-0.3, -0.25) is 9.59 Å². The third kappa shape index (κ3) is 2.97. The largest absolute Gasteiger partial charge is 0.469 e. The second-order valence-electron chi connectivity index (χ2n) is 5.04. The van der Waals surface area contributed by atoms with Crippen molar-refractivity contribution in [3.63, 3.8) is 0 Å². The van der Waals surface area contributed by atoms with Crippen molar-refractivity contribution in [2.24, 2.45) is 10.8 Å². The van der Waals surface area contributed by atoms with Crippen LogP contribution in [0.5, 0.6) is 0 Å². The molecular weight excluding hydrogens is 224 g/mol. The summed E-state index contributed by atoms with van der Waals surface area (Å²) < 4.78 is 14.8. The number of methoxy groups -OCH3 is 3. The third-order valence-corrected chi connectivity index (χ3v) is 2.97. The van der Waals surface area contributed by atoms with Gasteiger partial charge in [-0.25, -0.2) is 0 Å². The molecule has 0 bridgehead atoms. The monoisotopic (exact) mass is 246 g/mol. The molecule has 0 heterocycles. The highest BCUT2D eigenvalue weighted by Gasteiger charge is 2.50. The molecule has 0 N–H and O–H groups in total. The molecule has 0 atom stereocenters. The van der Waals surface area contributed by atoms with Gasteiger partial charge in [-0.2, -0.15) is 0 Å². The Balaban J connectivity index is 5.34. The van der Waals surface area contributed by atoms with Gasteiger partial charge in [-0.15, -0.1) is 0 Å². The first-order valence-corrected chi connectivity index (χ1v) is 5.35. The van der Waals surface area contributed by atoms with E-state index in [2.05, 4.69) is 0 Å². The molecule has 0 radical (unpaired) electrons. The minimum absolute atomic E-state index is 0.429. The summed E-state index contributed by atoms with van der Waals surface area (Å²) >= 11 is 0. The fourth-order valence-electron chi connectivity index (χ4n) is 2.23. The number of hydrogen-bond acceptors (Lipinski definition) is 5. The smallest absolute Gasteiger partial charge is 0.313 e. The lowest BCUT2D eigenvalue weighted by Gasteiger charge is -2.39. The van der Waals surface area contributed by atoms with Gasteiger partial charge in [-0.1, -0.05) is 0 Å².